The summed E-state index contributed by atoms with van der Waals surface area (Å²) < 4.78 is 5.34. The van der Waals surface area contributed by atoms with E-state index in [4.69, 9.17) is 15.7 Å². The van der Waals surface area contributed by atoms with Gasteiger partial charge in [-0.2, -0.15) is 0 Å². The lowest BCUT2D eigenvalue weighted by molar-refractivity contribution is -0.132. The summed E-state index contributed by atoms with van der Waals surface area (Å²) in [6.07, 6.45) is -0.148. The number of hydrogen-bond donors (Lipinski definition) is 3. The first-order chi connectivity index (χ1) is 7.49. The molecule has 94 valence electrons. The van der Waals surface area contributed by atoms with Gasteiger partial charge in [-0.3, -0.25) is 15.1 Å². The topological polar surface area (TPSA) is 87.8 Å². The molecule has 4 N–H and O–H groups in total. The third-order valence-electron chi connectivity index (χ3n) is 2.79. The van der Waals surface area contributed by atoms with Crippen molar-refractivity contribution in [3.63, 3.8) is 0 Å². The first-order valence-corrected chi connectivity index (χ1v) is 5.45. The molecule has 1 fully saturated rings. The second kappa shape index (κ2) is 5.58. The van der Waals surface area contributed by atoms with E-state index in [1.54, 1.807) is 0 Å². The fourth-order valence-corrected chi connectivity index (χ4v) is 1.86. The minimum atomic E-state index is -0.536. The van der Waals surface area contributed by atoms with Gasteiger partial charge < -0.3 is 9.84 Å². The zero-order valence-electron chi connectivity index (χ0n) is 9.90. The van der Waals surface area contributed by atoms with Crippen molar-refractivity contribution in [2.24, 2.45) is 11.3 Å². The number of nitrogens with zero attached hydrogens (tertiary/aromatic N) is 1. The van der Waals surface area contributed by atoms with Gasteiger partial charge in [0.05, 0.1) is 24.7 Å². The molecular formula is C10H21N3O3. The molecule has 0 radical (unpaired) electrons. The van der Waals surface area contributed by atoms with Gasteiger partial charge in [0.2, 0.25) is 5.91 Å². The largest absolute Gasteiger partial charge is 0.394 e. The van der Waals surface area contributed by atoms with Gasteiger partial charge >= 0.3 is 0 Å². The highest BCUT2D eigenvalue weighted by Crippen LogP contribution is 2.18. The van der Waals surface area contributed by atoms with E-state index in [2.05, 4.69) is 10.3 Å². The average Bonchev–Trinajstić information content (AvgIpc) is 2.27. The number of rotatable bonds is 4. The van der Waals surface area contributed by atoms with Crippen molar-refractivity contribution in [3.05, 3.63) is 0 Å². The van der Waals surface area contributed by atoms with E-state index >= 15 is 0 Å². The third kappa shape index (κ3) is 3.41. The molecule has 0 aromatic heterocycles. The van der Waals surface area contributed by atoms with Gasteiger partial charge in [-0.1, -0.05) is 0 Å². The maximum absolute atomic E-state index is 11.5. The Morgan fingerprint density at radius 3 is 2.94 bits per heavy atom. The van der Waals surface area contributed by atoms with E-state index in [1.165, 1.54) is 0 Å². The Labute approximate surface area is 95.7 Å². The molecule has 6 nitrogen and oxygen atoms in total. The summed E-state index contributed by atoms with van der Waals surface area (Å²) in [6.45, 7) is 6.33. The quantitative estimate of drug-likeness (QED) is 0.318. The summed E-state index contributed by atoms with van der Waals surface area (Å²) in [6, 6.07) is 0. The number of nitrogens with two attached hydrogens (primary N) is 1. The van der Waals surface area contributed by atoms with Crippen molar-refractivity contribution >= 4 is 5.91 Å². The van der Waals surface area contributed by atoms with Crippen LogP contribution in [-0.4, -0.2) is 54.9 Å². The number of amides is 1. The first-order valence-electron chi connectivity index (χ1n) is 5.45. The fourth-order valence-electron chi connectivity index (χ4n) is 1.86. The summed E-state index contributed by atoms with van der Waals surface area (Å²) in [7, 11) is 0. The van der Waals surface area contributed by atoms with E-state index in [9.17, 15) is 4.79 Å². The summed E-state index contributed by atoms with van der Waals surface area (Å²) in [5.74, 6) is 4.95. The van der Waals surface area contributed by atoms with Crippen molar-refractivity contribution < 1.29 is 14.6 Å². The van der Waals surface area contributed by atoms with Gasteiger partial charge in [0.25, 0.3) is 0 Å². The molecule has 0 bridgehead atoms. The molecular weight excluding hydrogens is 210 g/mol. The van der Waals surface area contributed by atoms with Crippen molar-refractivity contribution in [3.8, 4) is 0 Å². The maximum Gasteiger partial charge on any atom is 0.240 e. The van der Waals surface area contributed by atoms with E-state index in [-0.39, 0.29) is 18.6 Å². The molecule has 0 aromatic rings. The van der Waals surface area contributed by atoms with Crippen LogP contribution < -0.4 is 11.3 Å². The van der Waals surface area contributed by atoms with Gasteiger partial charge in [0.1, 0.15) is 0 Å². The second-order valence-corrected chi connectivity index (χ2v) is 4.77. The molecule has 6 heteroatoms. The Morgan fingerprint density at radius 2 is 2.38 bits per heavy atom. The first kappa shape index (κ1) is 13.4. The summed E-state index contributed by atoms with van der Waals surface area (Å²) in [4.78, 5) is 13.6. The molecule has 1 heterocycles. The fraction of sp³-hybridized carbons (Fsp3) is 0.900. The Hall–Kier alpha value is -0.690. The molecule has 1 rings (SSSR count). The second-order valence-electron chi connectivity index (χ2n) is 4.77. The summed E-state index contributed by atoms with van der Waals surface area (Å²) in [5.41, 5.74) is 1.64. The monoisotopic (exact) mass is 231 g/mol. The van der Waals surface area contributed by atoms with E-state index in [0.29, 0.717) is 19.7 Å². The number of hydrazine groups is 1. The number of carbonyl (C=O) groups is 1. The Balaban J connectivity index is 2.49. The lowest BCUT2D eigenvalue weighted by Crippen LogP contribution is -2.52. The lowest BCUT2D eigenvalue weighted by atomic mass is 9.91. The van der Waals surface area contributed by atoms with Crippen LogP contribution in [-0.2, 0) is 9.53 Å². The van der Waals surface area contributed by atoms with Crippen LogP contribution in [0.2, 0.25) is 0 Å². The van der Waals surface area contributed by atoms with E-state index < -0.39 is 5.41 Å². The number of aliphatic hydroxyl groups excluding tert-OH is 1. The maximum atomic E-state index is 11.5. The molecule has 1 aliphatic rings. The average molecular weight is 231 g/mol. The standard InChI is InChI=1S/C10H21N3O3/c1-10(2,9(15)12-11)7-13-3-4-16-8(5-13)6-14/h8,14H,3-7,11H2,1-2H3,(H,12,15). The zero-order valence-corrected chi connectivity index (χ0v) is 9.90. The molecule has 1 saturated heterocycles. The van der Waals surface area contributed by atoms with Crippen LogP contribution in [0, 0.1) is 5.41 Å². The van der Waals surface area contributed by atoms with Gasteiger partial charge in [-0.25, -0.2) is 5.84 Å². The molecule has 0 saturated carbocycles. The van der Waals surface area contributed by atoms with Gasteiger partial charge in [-0.05, 0) is 13.8 Å². The molecule has 16 heavy (non-hydrogen) atoms. The highest BCUT2D eigenvalue weighted by atomic mass is 16.5. The normalized spacial score (nSPS) is 23.1. The molecule has 1 unspecified atom stereocenters. The number of aliphatic hydroxyl groups is 1. The van der Waals surface area contributed by atoms with E-state index in [0.717, 1.165) is 6.54 Å². The van der Waals surface area contributed by atoms with Crippen molar-refractivity contribution in [2.45, 2.75) is 20.0 Å². The van der Waals surface area contributed by atoms with Crippen molar-refractivity contribution in [1.82, 2.24) is 10.3 Å². The highest BCUT2D eigenvalue weighted by molar-refractivity contribution is 5.81. The van der Waals surface area contributed by atoms with Crippen LogP contribution in [0.3, 0.4) is 0 Å². The van der Waals surface area contributed by atoms with Crippen LogP contribution in [0.1, 0.15) is 13.8 Å². The predicted octanol–water partition coefficient (Wildman–Crippen LogP) is -1.30. The minimum Gasteiger partial charge on any atom is -0.394 e. The van der Waals surface area contributed by atoms with Crippen molar-refractivity contribution in [2.75, 3.05) is 32.8 Å². The number of carbonyl (C=O) groups excluding carboxylic acids is 1. The van der Waals surface area contributed by atoms with Gasteiger partial charge in [0, 0.05) is 19.6 Å². The highest BCUT2D eigenvalue weighted by Gasteiger charge is 2.31. The lowest BCUT2D eigenvalue weighted by Gasteiger charge is -2.36. The molecule has 0 aliphatic carbocycles. The molecule has 1 atom stereocenters. The SMILES string of the molecule is CC(C)(CN1CCOC(CO)C1)C(=O)NN. The number of hydrogen-bond acceptors (Lipinski definition) is 5. The van der Waals surface area contributed by atoms with Crippen LogP contribution in [0.5, 0.6) is 0 Å². The molecule has 0 spiro atoms. The number of nitrogens with one attached hydrogen (secondary N) is 1. The van der Waals surface area contributed by atoms with Crippen LogP contribution in [0.15, 0.2) is 0 Å². The summed E-state index contributed by atoms with van der Waals surface area (Å²) in [5, 5.41) is 9.01. The van der Waals surface area contributed by atoms with Crippen LogP contribution in [0.25, 0.3) is 0 Å². The Kier molecular flexibility index (Phi) is 4.67. The molecule has 0 aromatic carbocycles. The zero-order chi connectivity index (χ0) is 12.2. The molecule has 1 aliphatic heterocycles. The van der Waals surface area contributed by atoms with Crippen molar-refractivity contribution in [1.29, 1.82) is 0 Å². The van der Waals surface area contributed by atoms with Gasteiger partial charge in [0.15, 0.2) is 0 Å². The number of morpholine rings is 1. The number of ether oxygens (including phenoxy) is 1. The molecule has 1 amide bonds. The van der Waals surface area contributed by atoms with Crippen LogP contribution in [0.4, 0.5) is 0 Å². The Morgan fingerprint density at radius 1 is 1.69 bits per heavy atom. The minimum absolute atomic E-state index is 0.0139. The smallest absolute Gasteiger partial charge is 0.240 e. The third-order valence-corrected chi connectivity index (χ3v) is 2.79. The van der Waals surface area contributed by atoms with E-state index in [1.807, 2.05) is 13.8 Å². The van der Waals surface area contributed by atoms with Crippen LogP contribution >= 0.6 is 0 Å². The Bertz CT molecular complexity index is 245. The summed E-state index contributed by atoms with van der Waals surface area (Å²) >= 11 is 0. The predicted molar refractivity (Wildman–Crippen MR) is 59.4 cm³/mol. The van der Waals surface area contributed by atoms with Gasteiger partial charge in [-0.15, -0.1) is 0 Å².